The summed E-state index contributed by atoms with van der Waals surface area (Å²) in [6.45, 7) is 7.52. The van der Waals surface area contributed by atoms with Crippen molar-refractivity contribution < 1.29 is 14.3 Å². The minimum Gasteiger partial charge on any atom is -0.461 e. The van der Waals surface area contributed by atoms with Gasteiger partial charge in [0.15, 0.2) is 0 Å². The third kappa shape index (κ3) is 4.31. The Balaban J connectivity index is 2.78. The number of thiazole rings is 1. The zero-order valence-corrected chi connectivity index (χ0v) is 12.5. The predicted octanol–water partition coefficient (Wildman–Crippen LogP) is 2.58. The number of nitrogens with zero attached hydrogens (tertiary/aromatic N) is 2. The van der Waals surface area contributed by atoms with E-state index < -0.39 is 5.97 Å². The van der Waals surface area contributed by atoms with Crippen LogP contribution in [0.3, 0.4) is 0 Å². The second-order valence-electron chi connectivity index (χ2n) is 4.05. The van der Waals surface area contributed by atoms with E-state index in [1.165, 1.54) is 0 Å². The van der Waals surface area contributed by atoms with E-state index in [0.29, 0.717) is 25.4 Å². The molecule has 5 nitrogen and oxygen atoms in total. The van der Waals surface area contributed by atoms with Gasteiger partial charge in [0, 0.05) is 18.5 Å². The smallest absolute Gasteiger partial charge is 0.367 e. The van der Waals surface area contributed by atoms with Crippen LogP contribution in [-0.4, -0.2) is 41.5 Å². The van der Waals surface area contributed by atoms with Gasteiger partial charge in [-0.25, -0.2) is 9.78 Å². The highest BCUT2D eigenvalue weighted by molar-refractivity contribution is 7.11. The zero-order chi connectivity index (χ0) is 14.3. The number of ether oxygens (including phenoxy) is 1. The van der Waals surface area contributed by atoms with E-state index in [0.717, 1.165) is 24.2 Å². The number of aromatic nitrogens is 1. The molecule has 19 heavy (non-hydrogen) atoms. The van der Waals surface area contributed by atoms with Crippen LogP contribution in [0.1, 0.15) is 53.9 Å². The van der Waals surface area contributed by atoms with Crippen LogP contribution in [0, 0.1) is 0 Å². The molecule has 0 atom stereocenters. The highest BCUT2D eigenvalue weighted by Crippen LogP contribution is 2.13. The first kappa shape index (κ1) is 15.6. The average molecular weight is 284 g/mol. The fourth-order valence-corrected chi connectivity index (χ4v) is 2.36. The van der Waals surface area contributed by atoms with Crippen LogP contribution in [0.5, 0.6) is 0 Å². The van der Waals surface area contributed by atoms with E-state index in [2.05, 4.69) is 4.98 Å². The second-order valence-corrected chi connectivity index (χ2v) is 4.91. The van der Waals surface area contributed by atoms with E-state index in [1.54, 1.807) is 17.2 Å². The SMILES string of the molecule is CCCN(CCC)C(=O)c1csc(C(=O)OCC)n1. The van der Waals surface area contributed by atoms with Gasteiger partial charge in [-0.1, -0.05) is 13.8 Å². The first-order chi connectivity index (χ1) is 9.13. The van der Waals surface area contributed by atoms with Crippen molar-refractivity contribution in [3.8, 4) is 0 Å². The Hall–Kier alpha value is -1.43. The Bertz CT molecular complexity index is 425. The molecular weight excluding hydrogens is 264 g/mol. The van der Waals surface area contributed by atoms with Crippen LogP contribution in [0.25, 0.3) is 0 Å². The summed E-state index contributed by atoms with van der Waals surface area (Å²) in [5.74, 6) is -0.584. The molecule has 1 aromatic rings. The lowest BCUT2D eigenvalue weighted by molar-refractivity contribution is 0.0526. The normalized spacial score (nSPS) is 10.3. The second kappa shape index (κ2) is 7.89. The minimum absolute atomic E-state index is 0.115. The minimum atomic E-state index is -0.468. The number of esters is 1. The lowest BCUT2D eigenvalue weighted by Crippen LogP contribution is -2.32. The van der Waals surface area contributed by atoms with Gasteiger partial charge in [0.2, 0.25) is 5.01 Å². The lowest BCUT2D eigenvalue weighted by Gasteiger charge is -2.20. The molecule has 0 N–H and O–H groups in total. The highest BCUT2D eigenvalue weighted by atomic mass is 32.1. The molecule has 0 bridgehead atoms. The predicted molar refractivity (Wildman–Crippen MR) is 74.6 cm³/mol. The molecule has 0 radical (unpaired) electrons. The summed E-state index contributed by atoms with van der Waals surface area (Å²) in [7, 11) is 0. The summed E-state index contributed by atoms with van der Waals surface area (Å²) in [5, 5.41) is 1.85. The third-order valence-electron chi connectivity index (χ3n) is 2.45. The Morgan fingerprint density at radius 3 is 2.42 bits per heavy atom. The van der Waals surface area contributed by atoms with Crippen molar-refractivity contribution in [3.05, 3.63) is 16.1 Å². The summed E-state index contributed by atoms with van der Waals surface area (Å²) < 4.78 is 4.86. The Morgan fingerprint density at radius 2 is 1.89 bits per heavy atom. The standard InChI is InChI=1S/C13H20N2O3S/c1-4-7-15(8-5-2)12(16)10-9-19-11(14-10)13(17)18-6-3/h9H,4-8H2,1-3H3. The Morgan fingerprint density at radius 1 is 1.26 bits per heavy atom. The van der Waals surface area contributed by atoms with Crippen molar-refractivity contribution in [1.29, 1.82) is 0 Å². The summed E-state index contributed by atoms with van der Waals surface area (Å²) in [4.78, 5) is 29.6. The number of hydrogen-bond acceptors (Lipinski definition) is 5. The summed E-state index contributed by atoms with van der Waals surface area (Å²) >= 11 is 1.15. The van der Waals surface area contributed by atoms with Crippen LogP contribution in [0.15, 0.2) is 5.38 Å². The Labute approximate surface area is 117 Å². The van der Waals surface area contributed by atoms with Gasteiger partial charge in [0.1, 0.15) is 5.69 Å². The maximum absolute atomic E-state index is 12.2. The molecule has 0 aromatic carbocycles. The topological polar surface area (TPSA) is 59.5 Å². The molecule has 106 valence electrons. The van der Waals surface area contributed by atoms with E-state index in [-0.39, 0.29) is 10.9 Å². The van der Waals surface area contributed by atoms with E-state index in [4.69, 9.17) is 4.74 Å². The van der Waals surface area contributed by atoms with Gasteiger partial charge in [-0.3, -0.25) is 4.79 Å². The van der Waals surface area contributed by atoms with Gasteiger partial charge in [0.05, 0.1) is 6.61 Å². The van der Waals surface area contributed by atoms with Crippen molar-refractivity contribution in [2.45, 2.75) is 33.6 Å². The van der Waals surface area contributed by atoms with Crippen LogP contribution >= 0.6 is 11.3 Å². The highest BCUT2D eigenvalue weighted by Gasteiger charge is 2.20. The molecule has 6 heteroatoms. The van der Waals surface area contributed by atoms with Gasteiger partial charge in [-0.05, 0) is 19.8 Å². The molecule has 1 rings (SSSR count). The van der Waals surface area contributed by atoms with E-state index in [1.807, 2.05) is 13.8 Å². The molecule has 1 heterocycles. The van der Waals surface area contributed by atoms with Gasteiger partial charge in [-0.15, -0.1) is 11.3 Å². The number of rotatable bonds is 7. The first-order valence-corrected chi connectivity index (χ1v) is 7.43. The number of hydrogen-bond donors (Lipinski definition) is 0. The van der Waals surface area contributed by atoms with Crippen LogP contribution < -0.4 is 0 Å². The maximum Gasteiger partial charge on any atom is 0.367 e. The first-order valence-electron chi connectivity index (χ1n) is 6.55. The molecule has 0 saturated heterocycles. The molecule has 1 aromatic heterocycles. The summed E-state index contributed by atoms with van der Waals surface area (Å²) in [6, 6.07) is 0. The van der Waals surface area contributed by atoms with E-state index in [9.17, 15) is 9.59 Å². The maximum atomic E-state index is 12.2. The summed E-state index contributed by atoms with van der Waals surface area (Å²) in [5.41, 5.74) is 0.329. The van der Waals surface area contributed by atoms with Gasteiger partial charge < -0.3 is 9.64 Å². The fourth-order valence-electron chi connectivity index (χ4n) is 1.68. The Kier molecular flexibility index (Phi) is 6.49. The van der Waals surface area contributed by atoms with Gasteiger partial charge >= 0.3 is 5.97 Å². The molecular formula is C13H20N2O3S. The average Bonchev–Trinajstić information content (AvgIpc) is 2.87. The molecule has 0 aliphatic rings. The van der Waals surface area contributed by atoms with Crippen LogP contribution in [0.4, 0.5) is 0 Å². The van der Waals surface area contributed by atoms with E-state index >= 15 is 0 Å². The molecule has 0 saturated carbocycles. The molecule has 0 spiro atoms. The van der Waals surface area contributed by atoms with Crippen molar-refractivity contribution in [2.24, 2.45) is 0 Å². The van der Waals surface area contributed by atoms with Crippen LogP contribution in [-0.2, 0) is 4.74 Å². The number of carbonyl (C=O) groups is 2. The van der Waals surface area contributed by atoms with Gasteiger partial charge in [0.25, 0.3) is 5.91 Å². The van der Waals surface area contributed by atoms with Crippen LogP contribution in [0.2, 0.25) is 0 Å². The molecule has 0 unspecified atom stereocenters. The zero-order valence-electron chi connectivity index (χ0n) is 11.6. The quantitative estimate of drug-likeness (QED) is 0.722. The largest absolute Gasteiger partial charge is 0.461 e. The lowest BCUT2D eigenvalue weighted by atomic mass is 10.3. The number of carbonyl (C=O) groups excluding carboxylic acids is 2. The van der Waals surface area contributed by atoms with Gasteiger partial charge in [-0.2, -0.15) is 0 Å². The monoisotopic (exact) mass is 284 g/mol. The third-order valence-corrected chi connectivity index (χ3v) is 3.27. The molecule has 0 aliphatic carbocycles. The molecule has 1 amide bonds. The van der Waals surface area contributed by atoms with Crippen molar-refractivity contribution in [2.75, 3.05) is 19.7 Å². The van der Waals surface area contributed by atoms with Crippen molar-refractivity contribution in [3.63, 3.8) is 0 Å². The summed E-state index contributed by atoms with van der Waals surface area (Å²) in [6.07, 6.45) is 1.81. The number of amides is 1. The van der Waals surface area contributed by atoms with Crippen molar-refractivity contribution >= 4 is 23.2 Å². The fraction of sp³-hybridized carbons (Fsp3) is 0.615. The molecule has 0 aliphatic heterocycles. The molecule has 0 fully saturated rings. The van der Waals surface area contributed by atoms with Crippen molar-refractivity contribution in [1.82, 2.24) is 9.88 Å².